The molecule has 0 aromatic heterocycles. The molecule has 0 aliphatic carbocycles. The molecule has 3 rings (SSSR count). The highest BCUT2D eigenvalue weighted by molar-refractivity contribution is 8.01. The van der Waals surface area contributed by atoms with E-state index in [1.807, 2.05) is 6.07 Å². The number of amides is 2. The lowest BCUT2D eigenvalue weighted by Crippen LogP contribution is -2.32. The Bertz CT molecular complexity index is 780. The molecule has 0 radical (unpaired) electrons. The molecule has 1 aliphatic rings. The second-order valence-corrected chi connectivity index (χ2v) is 6.90. The van der Waals surface area contributed by atoms with Crippen LogP contribution in [-0.4, -0.2) is 24.2 Å². The molecule has 0 fully saturated rings. The molecule has 2 aromatic rings. The summed E-state index contributed by atoms with van der Waals surface area (Å²) in [6.45, 7) is 0. The van der Waals surface area contributed by atoms with Crippen LogP contribution in [0.25, 0.3) is 0 Å². The van der Waals surface area contributed by atoms with E-state index in [4.69, 9.17) is 16.3 Å². The van der Waals surface area contributed by atoms with Crippen LogP contribution in [-0.2, 0) is 9.59 Å². The molecule has 0 saturated heterocycles. The standard InChI is InChI=1S/C17H15ClN2O3S/c1-23-12-5-3-11(4-6-12)19-16(21)9-15-17(22)20-13-8-10(18)2-7-14(13)24-15/h2-8,15H,9H2,1H3,(H,19,21)(H,20,22). The van der Waals surface area contributed by atoms with Crippen LogP contribution in [0.5, 0.6) is 5.75 Å². The van der Waals surface area contributed by atoms with E-state index in [1.165, 1.54) is 11.8 Å². The molecular weight excluding hydrogens is 348 g/mol. The molecule has 124 valence electrons. The number of methoxy groups -OCH3 is 1. The van der Waals surface area contributed by atoms with Crippen molar-refractivity contribution in [3.8, 4) is 5.75 Å². The monoisotopic (exact) mass is 362 g/mol. The van der Waals surface area contributed by atoms with Gasteiger partial charge < -0.3 is 15.4 Å². The molecule has 0 bridgehead atoms. The summed E-state index contributed by atoms with van der Waals surface area (Å²) in [6, 6.07) is 12.3. The van der Waals surface area contributed by atoms with Crippen molar-refractivity contribution in [1.82, 2.24) is 0 Å². The summed E-state index contributed by atoms with van der Waals surface area (Å²) in [4.78, 5) is 25.3. The first-order valence-corrected chi connectivity index (χ1v) is 8.52. The Balaban J connectivity index is 1.63. The number of carbonyl (C=O) groups is 2. The second kappa shape index (κ2) is 7.15. The van der Waals surface area contributed by atoms with E-state index >= 15 is 0 Å². The lowest BCUT2D eigenvalue weighted by atomic mass is 10.2. The Kier molecular flexibility index (Phi) is 4.97. The quantitative estimate of drug-likeness (QED) is 0.868. The van der Waals surface area contributed by atoms with E-state index in [0.29, 0.717) is 22.1 Å². The van der Waals surface area contributed by atoms with Gasteiger partial charge in [-0.15, -0.1) is 11.8 Å². The van der Waals surface area contributed by atoms with Gasteiger partial charge in [0, 0.05) is 22.0 Å². The van der Waals surface area contributed by atoms with Crippen LogP contribution in [0, 0.1) is 0 Å². The first-order chi connectivity index (χ1) is 11.5. The second-order valence-electron chi connectivity index (χ2n) is 5.22. The maximum Gasteiger partial charge on any atom is 0.238 e. The van der Waals surface area contributed by atoms with Crippen molar-refractivity contribution in [2.75, 3.05) is 17.7 Å². The summed E-state index contributed by atoms with van der Waals surface area (Å²) < 4.78 is 5.07. The molecule has 2 amide bonds. The van der Waals surface area contributed by atoms with E-state index in [0.717, 1.165) is 4.90 Å². The van der Waals surface area contributed by atoms with Crippen molar-refractivity contribution in [3.05, 3.63) is 47.5 Å². The van der Waals surface area contributed by atoms with Gasteiger partial charge in [0.1, 0.15) is 5.75 Å². The highest BCUT2D eigenvalue weighted by Crippen LogP contribution is 2.38. The molecule has 5 nitrogen and oxygen atoms in total. The number of thioether (sulfide) groups is 1. The van der Waals surface area contributed by atoms with E-state index < -0.39 is 5.25 Å². The molecule has 0 saturated carbocycles. The van der Waals surface area contributed by atoms with Crippen LogP contribution < -0.4 is 15.4 Å². The molecule has 1 atom stereocenters. The topological polar surface area (TPSA) is 67.4 Å². The maximum absolute atomic E-state index is 12.2. The third-order valence-electron chi connectivity index (χ3n) is 3.51. The zero-order chi connectivity index (χ0) is 17.1. The van der Waals surface area contributed by atoms with Crippen molar-refractivity contribution in [1.29, 1.82) is 0 Å². The highest BCUT2D eigenvalue weighted by atomic mass is 35.5. The van der Waals surface area contributed by atoms with E-state index in [9.17, 15) is 9.59 Å². The first kappa shape index (κ1) is 16.7. The summed E-state index contributed by atoms with van der Waals surface area (Å²) in [5, 5.41) is 5.67. The van der Waals surface area contributed by atoms with Crippen LogP contribution in [0.2, 0.25) is 5.02 Å². The number of carbonyl (C=O) groups excluding carboxylic acids is 2. The van der Waals surface area contributed by atoms with E-state index in [1.54, 1.807) is 43.5 Å². The predicted molar refractivity (Wildman–Crippen MR) is 96.0 cm³/mol. The van der Waals surface area contributed by atoms with Gasteiger partial charge in [0.15, 0.2) is 0 Å². The van der Waals surface area contributed by atoms with Gasteiger partial charge in [-0.2, -0.15) is 0 Å². The lowest BCUT2D eigenvalue weighted by molar-refractivity contribution is -0.120. The number of fused-ring (bicyclic) bond motifs is 1. The van der Waals surface area contributed by atoms with Crippen molar-refractivity contribution in [2.45, 2.75) is 16.6 Å². The molecule has 2 N–H and O–H groups in total. The first-order valence-electron chi connectivity index (χ1n) is 7.26. The third kappa shape index (κ3) is 3.83. The van der Waals surface area contributed by atoms with Crippen molar-refractivity contribution < 1.29 is 14.3 Å². The zero-order valence-corrected chi connectivity index (χ0v) is 14.4. The Morgan fingerprint density at radius 1 is 1.29 bits per heavy atom. The predicted octanol–water partition coefficient (Wildman–Crippen LogP) is 3.79. The lowest BCUT2D eigenvalue weighted by Gasteiger charge is -2.23. The normalized spacial score (nSPS) is 16.1. The summed E-state index contributed by atoms with van der Waals surface area (Å²) >= 11 is 7.29. The number of rotatable bonds is 4. The van der Waals surface area contributed by atoms with Gasteiger partial charge in [-0.3, -0.25) is 9.59 Å². The number of benzene rings is 2. The van der Waals surface area contributed by atoms with Crippen LogP contribution in [0.4, 0.5) is 11.4 Å². The number of halogens is 1. The molecule has 0 spiro atoms. The average Bonchev–Trinajstić information content (AvgIpc) is 2.56. The van der Waals surface area contributed by atoms with Gasteiger partial charge >= 0.3 is 0 Å². The fourth-order valence-electron chi connectivity index (χ4n) is 2.31. The maximum atomic E-state index is 12.2. The summed E-state index contributed by atoms with van der Waals surface area (Å²) in [5.41, 5.74) is 1.35. The molecule has 24 heavy (non-hydrogen) atoms. The van der Waals surface area contributed by atoms with Gasteiger partial charge in [-0.05, 0) is 42.5 Å². The van der Waals surface area contributed by atoms with Crippen LogP contribution in [0.3, 0.4) is 0 Å². The molecule has 1 aliphatic heterocycles. The molecule has 2 aromatic carbocycles. The van der Waals surface area contributed by atoms with Gasteiger partial charge in [-0.25, -0.2) is 0 Å². The third-order valence-corrected chi connectivity index (χ3v) is 5.02. The van der Waals surface area contributed by atoms with Crippen molar-refractivity contribution in [2.24, 2.45) is 0 Å². The minimum Gasteiger partial charge on any atom is -0.497 e. The fraction of sp³-hybridized carbons (Fsp3) is 0.176. The molecule has 1 unspecified atom stereocenters. The van der Waals surface area contributed by atoms with E-state index in [-0.39, 0.29) is 18.2 Å². The van der Waals surface area contributed by atoms with Crippen LogP contribution in [0.15, 0.2) is 47.4 Å². The van der Waals surface area contributed by atoms with E-state index in [2.05, 4.69) is 10.6 Å². The number of ether oxygens (including phenoxy) is 1. The smallest absolute Gasteiger partial charge is 0.238 e. The van der Waals surface area contributed by atoms with Crippen LogP contribution in [0.1, 0.15) is 6.42 Å². The Morgan fingerprint density at radius 3 is 2.75 bits per heavy atom. The number of anilines is 2. The summed E-state index contributed by atoms with van der Waals surface area (Å²) in [5.74, 6) is 0.301. The molecule has 7 heteroatoms. The SMILES string of the molecule is COc1ccc(NC(=O)CC2Sc3ccc(Cl)cc3NC2=O)cc1. The number of hydrogen-bond acceptors (Lipinski definition) is 4. The summed E-state index contributed by atoms with van der Waals surface area (Å²) in [6.07, 6.45) is 0.0879. The van der Waals surface area contributed by atoms with Gasteiger partial charge in [0.2, 0.25) is 11.8 Å². The highest BCUT2D eigenvalue weighted by Gasteiger charge is 2.29. The average molecular weight is 363 g/mol. The Labute approximate surface area is 148 Å². The summed E-state index contributed by atoms with van der Waals surface area (Å²) in [7, 11) is 1.58. The zero-order valence-electron chi connectivity index (χ0n) is 12.8. The molecule has 1 heterocycles. The van der Waals surface area contributed by atoms with Gasteiger partial charge in [0.25, 0.3) is 0 Å². The minimum atomic E-state index is -0.475. The molecular formula is C17H15ClN2O3S. The fourth-order valence-corrected chi connectivity index (χ4v) is 3.57. The number of hydrogen-bond donors (Lipinski definition) is 2. The van der Waals surface area contributed by atoms with Gasteiger partial charge in [-0.1, -0.05) is 11.6 Å². The largest absolute Gasteiger partial charge is 0.497 e. The number of nitrogens with one attached hydrogen (secondary N) is 2. The van der Waals surface area contributed by atoms with Gasteiger partial charge in [0.05, 0.1) is 18.0 Å². The Morgan fingerprint density at radius 2 is 2.04 bits per heavy atom. The Hall–Kier alpha value is -2.18. The van der Waals surface area contributed by atoms with Crippen molar-refractivity contribution in [3.63, 3.8) is 0 Å². The van der Waals surface area contributed by atoms with Crippen molar-refractivity contribution >= 4 is 46.6 Å². The minimum absolute atomic E-state index is 0.0879. The van der Waals surface area contributed by atoms with Crippen LogP contribution >= 0.6 is 23.4 Å².